The summed E-state index contributed by atoms with van der Waals surface area (Å²) < 4.78 is 19.2. The molecule has 7 heteroatoms. The van der Waals surface area contributed by atoms with Crippen LogP contribution in [0.1, 0.15) is 29.6 Å². The zero-order valence-electron chi connectivity index (χ0n) is 15.0. The van der Waals surface area contributed by atoms with E-state index in [2.05, 4.69) is 10.2 Å². The number of nitrogens with one attached hydrogen (secondary N) is 1. The highest BCUT2D eigenvalue weighted by Gasteiger charge is 2.29. The predicted molar refractivity (Wildman–Crippen MR) is 95.3 cm³/mol. The van der Waals surface area contributed by atoms with Crippen molar-refractivity contribution in [3.05, 3.63) is 35.6 Å². The minimum Gasteiger partial charge on any atom is -0.368 e. The maximum Gasteiger partial charge on any atom is 0.254 e. The number of hydrogen-bond acceptors (Lipinski definition) is 4. The fraction of sp³-hybridized carbons (Fsp3) is 0.579. The Hall–Kier alpha value is -1.99. The lowest BCUT2D eigenvalue weighted by molar-refractivity contribution is -0.148. The normalized spacial score (nSPS) is 21.4. The second-order valence-corrected chi connectivity index (χ2v) is 6.76. The third kappa shape index (κ3) is 4.80. The van der Waals surface area contributed by atoms with Crippen molar-refractivity contribution in [2.75, 3.05) is 45.9 Å². The third-order valence-electron chi connectivity index (χ3n) is 4.97. The van der Waals surface area contributed by atoms with Gasteiger partial charge in [0.2, 0.25) is 0 Å². The standard InChI is InChI=1S/C19H26FN3O3/c20-16-6-2-1-5-15(16)18(24)21-8-9-22-10-12-23(13-11-22)19(25)17-7-3-4-14-26-17/h1-2,5-6,17H,3-4,7-14H2,(H,21,24). The molecule has 26 heavy (non-hydrogen) atoms. The lowest BCUT2D eigenvalue weighted by atomic mass is 10.1. The molecule has 0 aliphatic carbocycles. The molecule has 0 spiro atoms. The number of carbonyl (C=O) groups is 2. The van der Waals surface area contributed by atoms with E-state index in [1.807, 2.05) is 4.90 Å². The fourth-order valence-electron chi connectivity index (χ4n) is 3.40. The lowest BCUT2D eigenvalue weighted by Crippen LogP contribution is -2.53. The van der Waals surface area contributed by atoms with Gasteiger partial charge in [0.15, 0.2) is 0 Å². The minimum atomic E-state index is -0.512. The number of piperazine rings is 1. The van der Waals surface area contributed by atoms with Gasteiger partial charge in [-0.05, 0) is 31.4 Å². The van der Waals surface area contributed by atoms with Crippen LogP contribution in [0.4, 0.5) is 4.39 Å². The van der Waals surface area contributed by atoms with Gasteiger partial charge < -0.3 is 15.0 Å². The van der Waals surface area contributed by atoms with Gasteiger partial charge in [0, 0.05) is 45.9 Å². The van der Waals surface area contributed by atoms with Crippen molar-refractivity contribution in [2.24, 2.45) is 0 Å². The molecule has 6 nitrogen and oxygen atoms in total. The van der Waals surface area contributed by atoms with Gasteiger partial charge in [0.1, 0.15) is 11.9 Å². The maximum absolute atomic E-state index is 13.6. The molecule has 2 saturated heterocycles. The van der Waals surface area contributed by atoms with Gasteiger partial charge in [-0.1, -0.05) is 12.1 Å². The number of rotatable bonds is 5. The highest BCUT2D eigenvalue weighted by atomic mass is 19.1. The molecule has 1 aromatic carbocycles. The van der Waals surface area contributed by atoms with Crippen LogP contribution in [0.2, 0.25) is 0 Å². The Kier molecular flexibility index (Phi) is 6.57. The van der Waals surface area contributed by atoms with Crippen molar-refractivity contribution < 1.29 is 18.7 Å². The predicted octanol–water partition coefficient (Wildman–Crippen LogP) is 1.27. The van der Waals surface area contributed by atoms with E-state index in [0.29, 0.717) is 32.8 Å². The number of amides is 2. The quantitative estimate of drug-likeness (QED) is 0.856. The highest BCUT2D eigenvalue weighted by Crippen LogP contribution is 2.16. The number of nitrogens with zero attached hydrogens (tertiary/aromatic N) is 2. The summed E-state index contributed by atoms with van der Waals surface area (Å²) in [6, 6.07) is 5.96. The Balaban J connectivity index is 1.37. The van der Waals surface area contributed by atoms with E-state index in [9.17, 15) is 14.0 Å². The Morgan fingerprint density at radius 2 is 1.92 bits per heavy atom. The Morgan fingerprint density at radius 3 is 2.62 bits per heavy atom. The van der Waals surface area contributed by atoms with Crippen molar-refractivity contribution >= 4 is 11.8 Å². The molecule has 1 atom stereocenters. The fourth-order valence-corrected chi connectivity index (χ4v) is 3.40. The molecule has 2 fully saturated rings. The van der Waals surface area contributed by atoms with Crippen LogP contribution in [0.25, 0.3) is 0 Å². The van der Waals surface area contributed by atoms with Crippen molar-refractivity contribution in [1.29, 1.82) is 0 Å². The van der Waals surface area contributed by atoms with E-state index in [1.165, 1.54) is 12.1 Å². The summed E-state index contributed by atoms with van der Waals surface area (Å²) in [5.74, 6) is -0.800. The van der Waals surface area contributed by atoms with Crippen molar-refractivity contribution in [3.8, 4) is 0 Å². The van der Waals surface area contributed by atoms with Gasteiger partial charge >= 0.3 is 0 Å². The SMILES string of the molecule is O=C(NCCN1CCN(C(=O)C2CCCCO2)CC1)c1ccccc1F. The molecule has 142 valence electrons. The number of halogens is 1. The number of ether oxygens (including phenoxy) is 1. The molecule has 2 aliphatic rings. The Labute approximate surface area is 153 Å². The molecule has 2 aliphatic heterocycles. The number of hydrogen-bond donors (Lipinski definition) is 1. The molecule has 2 heterocycles. The van der Waals surface area contributed by atoms with Gasteiger partial charge in [0.05, 0.1) is 5.56 Å². The lowest BCUT2D eigenvalue weighted by Gasteiger charge is -2.37. The molecule has 0 saturated carbocycles. The summed E-state index contributed by atoms with van der Waals surface area (Å²) in [7, 11) is 0. The summed E-state index contributed by atoms with van der Waals surface area (Å²) in [6.45, 7) is 4.72. The summed E-state index contributed by atoms with van der Waals surface area (Å²) in [6.07, 6.45) is 2.64. The summed E-state index contributed by atoms with van der Waals surface area (Å²) in [5.41, 5.74) is 0.0652. The van der Waals surface area contributed by atoms with Crippen LogP contribution < -0.4 is 5.32 Å². The van der Waals surface area contributed by atoms with Crippen molar-refractivity contribution in [2.45, 2.75) is 25.4 Å². The zero-order chi connectivity index (χ0) is 18.4. The van der Waals surface area contributed by atoms with Gasteiger partial charge in [-0.25, -0.2) is 4.39 Å². The zero-order valence-corrected chi connectivity index (χ0v) is 15.0. The van der Waals surface area contributed by atoms with Crippen molar-refractivity contribution in [3.63, 3.8) is 0 Å². The third-order valence-corrected chi connectivity index (χ3v) is 4.97. The minimum absolute atomic E-state index is 0.0652. The van der Waals surface area contributed by atoms with Gasteiger partial charge in [-0.3, -0.25) is 14.5 Å². The van der Waals surface area contributed by atoms with Crippen molar-refractivity contribution in [1.82, 2.24) is 15.1 Å². The van der Waals surface area contributed by atoms with Crippen LogP contribution in [0, 0.1) is 5.82 Å². The molecule has 1 unspecified atom stereocenters. The monoisotopic (exact) mass is 363 g/mol. The van der Waals surface area contributed by atoms with Crippen LogP contribution in [0.5, 0.6) is 0 Å². The smallest absolute Gasteiger partial charge is 0.254 e. The van der Waals surface area contributed by atoms with Crippen LogP contribution >= 0.6 is 0 Å². The van der Waals surface area contributed by atoms with Crippen LogP contribution in [-0.2, 0) is 9.53 Å². The highest BCUT2D eigenvalue weighted by molar-refractivity contribution is 5.94. The molecule has 0 aromatic heterocycles. The van der Waals surface area contributed by atoms with E-state index >= 15 is 0 Å². The average Bonchev–Trinajstić information content (AvgIpc) is 2.69. The first kappa shape index (κ1) is 18.8. The van der Waals surface area contributed by atoms with E-state index < -0.39 is 11.7 Å². The van der Waals surface area contributed by atoms with Gasteiger partial charge in [0.25, 0.3) is 11.8 Å². The molecule has 3 rings (SSSR count). The first-order valence-electron chi connectivity index (χ1n) is 9.30. The van der Waals surface area contributed by atoms with E-state index in [1.54, 1.807) is 12.1 Å². The van der Waals surface area contributed by atoms with Gasteiger partial charge in [-0.15, -0.1) is 0 Å². The van der Waals surface area contributed by atoms with Crippen LogP contribution in [-0.4, -0.2) is 73.6 Å². The summed E-state index contributed by atoms with van der Waals surface area (Å²) in [5, 5.41) is 2.75. The Morgan fingerprint density at radius 1 is 1.15 bits per heavy atom. The summed E-state index contributed by atoms with van der Waals surface area (Å²) in [4.78, 5) is 28.5. The molecule has 2 amide bonds. The first-order chi connectivity index (χ1) is 12.6. The molecule has 0 radical (unpaired) electrons. The molecular formula is C19H26FN3O3. The second kappa shape index (κ2) is 9.09. The number of benzene rings is 1. The van der Waals surface area contributed by atoms with Crippen LogP contribution in [0.3, 0.4) is 0 Å². The summed E-state index contributed by atoms with van der Waals surface area (Å²) >= 11 is 0. The molecule has 0 bridgehead atoms. The Bertz CT molecular complexity index is 626. The maximum atomic E-state index is 13.6. The number of carbonyl (C=O) groups excluding carboxylic acids is 2. The topological polar surface area (TPSA) is 61.9 Å². The van der Waals surface area contributed by atoms with Gasteiger partial charge in [-0.2, -0.15) is 0 Å². The largest absolute Gasteiger partial charge is 0.368 e. The second-order valence-electron chi connectivity index (χ2n) is 6.76. The molecular weight excluding hydrogens is 337 g/mol. The first-order valence-corrected chi connectivity index (χ1v) is 9.30. The molecule has 1 aromatic rings. The molecule has 1 N–H and O–H groups in total. The van der Waals surface area contributed by atoms with Crippen LogP contribution in [0.15, 0.2) is 24.3 Å². The van der Waals surface area contributed by atoms with E-state index in [-0.39, 0.29) is 17.6 Å². The average molecular weight is 363 g/mol. The van der Waals surface area contributed by atoms with E-state index in [0.717, 1.165) is 32.4 Å². The van der Waals surface area contributed by atoms with E-state index in [4.69, 9.17) is 4.74 Å².